The van der Waals surface area contributed by atoms with Gasteiger partial charge < -0.3 is 14.5 Å². The van der Waals surface area contributed by atoms with Crippen molar-refractivity contribution in [3.8, 4) is 11.1 Å². The number of aryl methyl sites for hydroxylation is 1. The number of amides is 1. The molecule has 6 rings (SSSR count). The lowest BCUT2D eigenvalue weighted by Crippen LogP contribution is -2.39. The van der Waals surface area contributed by atoms with Gasteiger partial charge in [-0.1, -0.05) is 6.07 Å². The summed E-state index contributed by atoms with van der Waals surface area (Å²) in [5.74, 6) is 0.912. The summed E-state index contributed by atoms with van der Waals surface area (Å²) in [4.78, 5) is 16.4. The second-order valence-corrected chi connectivity index (χ2v) is 11.1. The van der Waals surface area contributed by atoms with Crippen LogP contribution in [-0.2, 0) is 51.2 Å². The van der Waals surface area contributed by atoms with E-state index in [0.717, 1.165) is 53.2 Å². The smallest absolute Gasteiger partial charge is 0.219 e. The molecule has 0 aliphatic carbocycles. The Morgan fingerprint density at radius 3 is 2.84 bits per heavy atom. The minimum atomic E-state index is -1.39. The van der Waals surface area contributed by atoms with Gasteiger partial charge in [0.1, 0.15) is 0 Å². The Labute approximate surface area is 218 Å². The summed E-state index contributed by atoms with van der Waals surface area (Å²) in [6.07, 6.45) is 7.50. The Morgan fingerprint density at radius 2 is 2.14 bits per heavy atom. The number of aromatic nitrogens is 4. The van der Waals surface area contributed by atoms with Crippen LogP contribution in [0.5, 0.6) is 0 Å². The summed E-state index contributed by atoms with van der Waals surface area (Å²) in [6.45, 7) is 4.75. The molecule has 196 valence electrons. The molecule has 11 heteroatoms. The molecule has 37 heavy (non-hydrogen) atoms. The van der Waals surface area contributed by atoms with Crippen LogP contribution in [-0.4, -0.2) is 73.2 Å². The zero-order valence-corrected chi connectivity index (χ0v) is 22.2. The third kappa shape index (κ3) is 4.60. The summed E-state index contributed by atoms with van der Waals surface area (Å²) in [5.41, 5.74) is 6.54. The molecule has 1 amide bonds. The molecule has 0 saturated carbocycles. The van der Waals surface area contributed by atoms with Gasteiger partial charge in [0.2, 0.25) is 5.91 Å². The van der Waals surface area contributed by atoms with Crippen LogP contribution >= 0.6 is 0 Å². The molecule has 2 aromatic heterocycles. The molecule has 1 saturated heterocycles. The van der Waals surface area contributed by atoms with E-state index in [1.807, 2.05) is 24.3 Å². The Morgan fingerprint density at radius 1 is 1.27 bits per heavy atom. The molecule has 3 aromatic rings. The third-order valence-corrected chi connectivity index (χ3v) is 8.07. The number of benzene rings is 1. The van der Waals surface area contributed by atoms with E-state index >= 15 is 0 Å². The number of ether oxygens (including phenoxy) is 1. The molecule has 0 bridgehead atoms. The Hall–Kier alpha value is -3.02. The first kappa shape index (κ1) is 24.3. The second kappa shape index (κ2) is 9.70. The highest BCUT2D eigenvalue weighted by atomic mass is 32.2. The lowest BCUT2D eigenvalue weighted by molar-refractivity contribution is -0.129. The van der Waals surface area contributed by atoms with Crippen molar-refractivity contribution < 1.29 is 17.9 Å². The summed E-state index contributed by atoms with van der Waals surface area (Å²) in [7, 11) is 1.91. The van der Waals surface area contributed by atoms with Gasteiger partial charge in [-0.3, -0.25) is 18.3 Å². The third-order valence-electron chi connectivity index (χ3n) is 7.53. The fourth-order valence-electron chi connectivity index (χ4n) is 5.76. The highest BCUT2D eigenvalue weighted by Crippen LogP contribution is 2.41. The van der Waals surface area contributed by atoms with Gasteiger partial charge in [0.05, 0.1) is 38.0 Å². The van der Waals surface area contributed by atoms with Crippen LogP contribution in [0.4, 0.5) is 11.5 Å². The molecular formula is C26H32N6O4S. The number of fused-ring (bicyclic) bond motifs is 2. The first-order chi connectivity index (χ1) is 17.9. The van der Waals surface area contributed by atoms with E-state index in [-0.39, 0.29) is 18.1 Å². The molecule has 10 nitrogen and oxygen atoms in total. The number of anilines is 2. The van der Waals surface area contributed by atoms with Crippen molar-refractivity contribution in [3.63, 3.8) is 0 Å². The molecule has 0 N–H and O–H groups in total. The lowest BCUT2D eigenvalue weighted by Gasteiger charge is -2.36. The highest BCUT2D eigenvalue weighted by molar-refractivity contribution is 7.79. The van der Waals surface area contributed by atoms with E-state index in [0.29, 0.717) is 32.7 Å². The van der Waals surface area contributed by atoms with E-state index in [4.69, 9.17) is 14.0 Å². The summed E-state index contributed by atoms with van der Waals surface area (Å²) in [6, 6.07) is 6.60. The van der Waals surface area contributed by atoms with Crippen LogP contribution in [0, 0.1) is 0 Å². The number of carbonyl (C=O) groups excluding carboxylic acids is 1. The molecule has 1 aromatic carbocycles. The van der Waals surface area contributed by atoms with E-state index in [2.05, 4.69) is 32.9 Å². The molecule has 0 spiro atoms. The minimum Gasteiger partial charge on any atom is -0.379 e. The predicted molar refractivity (Wildman–Crippen MR) is 140 cm³/mol. The fraction of sp³-hybridized carbons (Fsp3) is 0.500. The summed E-state index contributed by atoms with van der Waals surface area (Å²) in [5, 5.41) is 9.49. The molecule has 3 aliphatic heterocycles. The van der Waals surface area contributed by atoms with Crippen LogP contribution in [0.1, 0.15) is 36.2 Å². The Balaban J connectivity index is 1.45. The molecule has 3 unspecified atom stereocenters. The fourth-order valence-corrected chi connectivity index (χ4v) is 6.27. The molecule has 3 atom stereocenters. The van der Waals surface area contributed by atoms with Gasteiger partial charge in [0, 0.05) is 74.9 Å². The van der Waals surface area contributed by atoms with Crippen molar-refractivity contribution in [3.05, 3.63) is 47.4 Å². The van der Waals surface area contributed by atoms with Gasteiger partial charge in [0.25, 0.3) is 0 Å². The van der Waals surface area contributed by atoms with Gasteiger partial charge >= 0.3 is 0 Å². The average Bonchev–Trinajstić information content (AvgIpc) is 3.62. The summed E-state index contributed by atoms with van der Waals surface area (Å²) >= 11 is -1.39. The van der Waals surface area contributed by atoms with Crippen LogP contribution in [0.25, 0.3) is 11.1 Å². The van der Waals surface area contributed by atoms with E-state index in [1.165, 1.54) is 5.69 Å². The van der Waals surface area contributed by atoms with Crippen molar-refractivity contribution in [2.45, 2.75) is 44.9 Å². The van der Waals surface area contributed by atoms with Crippen LogP contribution < -0.4 is 4.90 Å². The first-order valence-corrected chi connectivity index (χ1v) is 14.2. The minimum absolute atomic E-state index is 0.0660. The van der Waals surface area contributed by atoms with Gasteiger partial charge in [-0.05, 0) is 29.7 Å². The Kier molecular flexibility index (Phi) is 6.37. The number of rotatable bonds is 5. The van der Waals surface area contributed by atoms with Crippen molar-refractivity contribution in [2.75, 3.05) is 37.5 Å². The van der Waals surface area contributed by atoms with Crippen LogP contribution in [0.15, 0.2) is 30.6 Å². The van der Waals surface area contributed by atoms with Crippen molar-refractivity contribution in [1.29, 1.82) is 0 Å². The maximum atomic E-state index is 12.3. The van der Waals surface area contributed by atoms with E-state index in [9.17, 15) is 9.00 Å². The normalized spacial score (nSPS) is 22.1. The zero-order valence-electron chi connectivity index (χ0n) is 21.4. The maximum Gasteiger partial charge on any atom is 0.219 e. The monoisotopic (exact) mass is 524 g/mol. The topological polar surface area (TPSA) is 94.7 Å². The average molecular weight is 525 g/mol. The zero-order chi connectivity index (χ0) is 25.7. The van der Waals surface area contributed by atoms with Crippen molar-refractivity contribution in [2.24, 2.45) is 7.05 Å². The van der Waals surface area contributed by atoms with Gasteiger partial charge in [0.15, 0.2) is 16.9 Å². The van der Waals surface area contributed by atoms with E-state index in [1.54, 1.807) is 17.9 Å². The van der Waals surface area contributed by atoms with Gasteiger partial charge in [-0.2, -0.15) is 10.2 Å². The summed E-state index contributed by atoms with van der Waals surface area (Å²) < 4.78 is 27.5. The number of hydrogen-bond donors (Lipinski definition) is 0. The Bertz CT molecular complexity index is 1360. The van der Waals surface area contributed by atoms with Crippen molar-refractivity contribution >= 4 is 28.5 Å². The number of carbonyl (C=O) groups is 1. The largest absolute Gasteiger partial charge is 0.379 e. The van der Waals surface area contributed by atoms with Gasteiger partial charge in [-0.25, -0.2) is 4.21 Å². The molecule has 5 heterocycles. The van der Waals surface area contributed by atoms with Crippen LogP contribution in [0.2, 0.25) is 0 Å². The van der Waals surface area contributed by atoms with Gasteiger partial charge in [-0.15, -0.1) is 0 Å². The maximum absolute atomic E-state index is 12.3. The highest BCUT2D eigenvalue weighted by Gasteiger charge is 2.36. The van der Waals surface area contributed by atoms with Crippen LogP contribution in [0.3, 0.4) is 0 Å². The SMILES string of the molecule is CC(=O)N1CCc2c(c(N3CC(OS(C)=O)Cc4cc(-c5cnn(C)c5)ccc43)nn2C2CCOC2)C1. The quantitative estimate of drug-likeness (QED) is 0.506. The van der Waals surface area contributed by atoms with E-state index < -0.39 is 11.1 Å². The predicted octanol–water partition coefficient (Wildman–Crippen LogP) is 2.52. The molecular weight excluding hydrogens is 492 g/mol. The molecule has 3 aliphatic rings. The molecule has 0 radical (unpaired) electrons. The molecule has 1 fully saturated rings. The second-order valence-electron chi connectivity index (χ2n) is 10.1. The lowest BCUT2D eigenvalue weighted by atomic mass is 9.95. The number of nitrogens with zero attached hydrogens (tertiary/aromatic N) is 6. The number of hydrogen-bond acceptors (Lipinski definition) is 7. The first-order valence-electron chi connectivity index (χ1n) is 12.7. The van der Waals surface area contributed by atoms with Crippen molar-refractivity contribution in [1.82, 2.24) is 24.5 Å². The standard InChI is InChI=1S/C26H32N6O4S/c1-17(33)30-8-6-25-23(15-30)26(28-32(25)21-7-9-35-16-21)31-14-22(36-37(3)34)11-19-10-18(4-5-24(19)31)20-12-27-29(2)13-20/h4-5,10,12-13,21-22H,6-9,11,14-16H2,1-3H3.